The second-order valence-electron chi connectivity index (χ2n) is 9.22. The Labute approximate surface area is 219 Å². The van der Waals surface area contributed by atoms with Crippen LogP contribution in [0.1, 0.15) is 21.6 Å². The molecule has 2 N–H and O–H groups in total. The van der Waals surface area contributed by atoms with E-state index in [1.165, 1.54) is 6.08 Å². The maximum atomic E-state index is 13.3. The first-order valence-electron chi connectivity index (χ1n) is 11.7. The van der Waals surface area contributed by atoms with Crippen LogP contribution in [0.5, 0.6) is 0 Å². The molecule has 0 aliphatic carbocycles. The first kappa shape index (κ1) is 25.7. The van der Waals surface area contributed by atoms with Gasteiger partial charge in [-0.05, 0) is 55.6 Å². The highest BCUT2D eigenvalue weighted by atomic mass is 79.9. The molecule has 0 unspecified atom stereocenters. The third-order valence-electron chi connectivity index (χ3n) is 6.18. The van der Waals surface area contributed by atoms with Crippen LogP contribution in [-0.2, 0) is 29.2 Å². The van der Waals surface area contributed by atoms with Crippen LogP contribution in [-0.4, -0.2) is 65.3 Å². The maximum absolute atomic E-state index is 13.3. The molecule has 3 amide bonds. The van der Waals surface area contributed by atoms with E-state index in [1.807, 2.05) is 56.6 Å². The van der Waals surface area contributed by atoms with Crippen LogP contribution < -0.4 is 10.6 Å². The van der Waals surface area contributed by atoms with Crippen LogP contribution in [0, 0.1) is 0 Å². The second kappa shape index (κ2) is 11.1. The number of likely N-dealkylation sites (tertiary alicyclic amines) is 1. The Morgan fingerprint density at radius 1 is 1.11 bits per heavy atom. The van der Waals surface area contributed by atoms with Crippen molar-refractivity contribution in [2.45, 2.75) is 25.7 Å². The zero-order chi connectivity index (χ0) is 25.8. The SMILES string of the molecule is C=CC(=O)N1CC(NC(=O)Cn2c(C(=O)NCc3ccccc3CN(C)C)cc3cc(Br)ccc32)C1. The van der Waals surface area contributed by atoms with Crippen molar-refractivity contribution in [2.24, 2.45) is 0 Å². The zero-order valence-corrected chi connectivity index (χ0v) is 22.0. The Balaban J connectivity index is 1.50. The molecule has 1 saturated heterocycles. The molecule has 3 aromatic rings. The van der Waals surface area contributed by atoms with E-state index >= 15 is 0 Å². The van der Waals surface area contributed by atoms with Gasteiger partial charge in [-0.15, -0.1) is 0 Å². The van der Waals surface area contributed by atoms with Gasteiger partial charge in [0.15, 0.2) is 0 Å². The van der Waals surface area contributed by atoms with E-state index in [2.05, 4.69) is 44.1 Å². The van der Waals surface area contributed by atoms with Gasteiger partial charge in [0.05, 0.1) is 6.04 Å². The number of halogens is 1. The fourth-order valence-corrected chi connectivity index (χ4v) is 4.77. The maximum Gasteiger partial charge on any atom is 0.268 e. The van der Waals surface area contributed by atoms with Gasteiger partial charge in [0.25, 0.3) is 5.91 Å². The summed E-state index contributed by atoms with van der Waals surface area (Å²) in [7, 11) is 4.02. The number of fused-ring (bicyclic) bond motifs is 1. The molecule has 0 saturated carbocycles. The Kier molecular flexibility index (Phi) is 7.91. The highest BCUT2D eigenvalue weighted by molar-refractivity contribution is 9.10. The lowest BCUT2D eigenvalue weighted by Gasteiger charge is -2.38. The average Bonchev–Trinajstić information content (AvgIpc) is 3.16. The predicted molar refractivity (Wildman–Crippen MR) is 143 cm³/mol. The molecule has 1 aliphatic rings. The highest BCUT2D eigenvalue weighted by Gasteiger charge is 2.30. The van der Waals surface area contributed by atoms with E-state index in [0.29, 0.717) is 25.3 Å². The van der Waals surface area contributed by atoms with Gasteiger partial charge in [-0.25, -0.2) is 0 Å². The van der Waals surface area contributed by atoms with Crippen LogP contribution in [0.15, 0.2) is 65.7 Å². The molecule has 1 aliphatic heterocycles. The van der Waals surface area contributed by atoms with E-state index in [-0.39, 0.29) is 30.3 Å². The number of aromatic nitrogens is 1. The van der Waals surface area contributed by atoms with Crippen molar-refractivity contribution in [1.29, 1.82) is 0 Å². The molecular weight excluding hydrogens is 522 g/mol. The number of hydrogen-bond donors (Lipinski definition) is 2. The largest absolute Gasteiger partial charge is 0.348 e. The van der Waals surface area contributed by atoms with Gasteiger partial charge in [-0.3, -0.25) is 14.4 Å². The van der Waals surface area contributed by atoms with E-state index in [9.17, 15) is 14.4 Å². The van der Waals surface area contributed by atoms with Crippen LogP contribution >= 0.6 is 15.9 Å². The van der Waals surface area contributed by atoms with Crippen molar-refractivity contribution in [3.63, 3.8) is 0 Å². The van der Waals surface area contributed by atoms with E-state index < -0.39 is 0 Å². The van der Waals surface area contributed by atoms with Gasteiger partial charge < -0.3 is 25.0 Å². The van der Waals surface area contributed by atoms with Crippen molar-refractivity contribution in [2.75, 3.05) is 27.2 Å². The van der Waals surface area contributed by atoms with Crippen LogP contribution in [0.3, 0.4) is 0 Å². The molecule has 4 rings (SSSR count). The van der Waals surface area contributed by atoms with E-state index in [1.54, 1.807) is 9.47 Å². The molecule has 0 radical (unpaired) electrons. The Morgan fingerprint density at radius 2 is 1.83 bits per heavy atom. The van der Waals surface area contributed by atoms with Gasteiger partial charge in [0, 0.05) is 41.6 Å². The molecule has 2 aromatic carbocycles. The number of carbonyl (C=O) groups is 3. The van der Waals surface area contributed by atoms with Crippen molar-refractivity contribution in [3.8, 4) is 0 Å². The fourth-order valence-electron chi connectivity index (χ4n) is 4.39. The van der Waals surface area contributed by atoms with E-state index in [4.69, 9.17) is 0 Å². The molecule has 9 heteroatoms. The number of amides is 3. The zero-order valence-electron chi connectivity index (χ0n) is 20.5. The minimum atomic E-state index is -0.249. The second-order valence-corrected chi connectivity index (χ2v) is 10.1. The van der Waals surface area contributed by atoms with Crippen LogP contribution in [0.25, 0.3) is 10.9 Å². The van der Waals surface area contributed by atoms with Crippen molar-refractivity contribution < 1.29 is 14.4 Å². The molecule has 8 nitrogen and oxygen atoms in total. The lowest BCUT2D eigenvalue weighted by atomic mass is 10.1. The molecule has 36 heavy (non-hydrogen) atoms. The number of hydrogen-bond acceptors (Lipinski definition) is 4. The third kappa shape index (κ3) is 5.85. The summed E-state index contributed by atoms with van der Waals surface area (Å²) in [5.41, 5.74) is 3.41. The minimum Gasteiger partial charge on any atom is -0.348 e. The molecule has 1 aromatic heterocycles. The van der Waals surface area contributed by atoms with Gasteiger partial charge in [-0.2, -0.15) is 0 Å². The number of nitrogens with one attached hydrogen (secondary N) is 2. The van der Waals surface area contributed by atoms with Crippen LogP contribution in [0.4, 0.5) is 0 Å². The summed E-state index contributed by atoms with van der Waals surface area (Å²) in [5.74, 6) is -0.605. The Bertz CT molecular complexity index is 1310. The molecule has 1 fully saturated rings. The lowest BCUT2D eigenvalue weighted by molar-refractivity contribution is -0.133. The van der Waals surface area contributed by atoms with E-state index in [0.717, 1.165) is 33.0 Å². The summed E-state index contributed by atoms with van der Waals surface area (Å²) in [5, 5.41) is 6.85. The summed E-state index contributed by atoms with van der Waals surface area (Å²) in [6.07, 6.45) is 1.27. The van der Waals surface area contributed by atoms with Gasteiger partial charge in [-0.1, -0.05) is 46.8 Å². The van der Waals surface area contributed by atoms with Crippen molar-refractivity contribution in [1.82, 2.24) is 25.0 Å². The van der Waals surface area contributed by atoms with Gasteiger partial charge in [0.1, 0.15) is 12.2 Å². The summed E-state index contributed by atoms with van der Waals surface area (Å²) in [6.45, 7) is 5.55. The minimum absolute atomic E-state index is 0.00297. The van der Waals surface area contributed by atoms with Crippen LogP contribution in [0.2, 0.25) is 0 Å². The lowest BCUT2D eigenvalue weighted by Crippen LogP contribution is -2.61. The molecular formula is C27H30BrN5O3. The molecule has 0 spiro atoms. The Morgan fingerprint density at radius 3 is 2.53 bits per heavy atom. The average molecular weight is 552 g/mol. The van der Waals surface area contributed by atoms with Gasteiger partial charge >= 0.3 is 0 Å². The van der Waals surface area contributed by atoms with Crippen molar-refractivity contribution >= 4 is 44.6 Å². The normalized spacial score (nSPS) is 13.5. The molecule has 0 atom stereocenters. The smallest absolute Gasteiger partial charge is 0.268 e. The van der Waals surface area contributed by atoms with Gasteiger partial charge in [0.2, 0.25) is 11.8 Å². The Hall–Kier alpha value is -3.43. The highest BCUT2D eigenvalue weighted by Crippen LogP contribution is 2.24. The number of rotatable bonds is 9. The predicted octanol–water partition coefficient (Wildman–Crippen LogP) is 2.91. The summed E-state index contributed by atoms with van der Waals surface area (Å²) in [4.78, 5) is 41.5. The molecule has 2 heterocycles. The topological polar surface area (TPSA) is 86.7 Å². The van der Waals surface area contributed by atoms with Crippen molar-refractivity contribution in [3.05, 3.63) is 82.5 Å². The molecule has 0 bridgehead atoms. The third-order valence-corrected chi connectivity index (χ3v) is 6.67. The quantitative estimate of drug-likeness (QED) is 0.400. The molecule has 188 valence electrons. The summed E-state index contributed by atoms with van der Waals surface area (Å²) in [6, 6.07) is 15.4. The monoisotopic (exact) mass is 551 g/mol. The summed E-state index contributed by atoms with van der Waals surface area (Å²) < 4.78 is 2.63. The number of carbonyl (C=O) groups excluding carboxylic acids is 3. The number of nitrogens with zero attached hydrogens (tertiary/aromatic N) is 3. The number of benzene rings is 2. The standard InChI is InChI=1S/C27H30BrN5O3/c1-4-26(35)32-15-22(16-32)30-25(34)17-33-23-10-9-21(28)11-20(23)12-24(33)27(36)29-13-18-7-5-6-8-19(18)14-31(2)3/h4-12,22H,1,13-17H2,2-3H3,(H,29,36)(H,30,34). The first-order chi connectivity index (χ1) is 17.2. The fraction of sp³-hybridized carbons (Fsp3) is 0.296. The first-order valence-corrected chi connectivity index (χ1v) is 12.5. The summed E-state index contributed by atoms with van der Waals surface area (Å²) >= 11 is 3.48.